The third kappa shape index (κ3) is 4.23. The number of esters is 1. The van der Waals surface area contributed by atoms with Crippen molar-refractivity contribution >= 4 is 11.9 Å². The molecule has 0 fully saturated rings. The molecule has 138 valence electrons. The maximum Gasteiger partial charge on any atom is 0.406 e. The number of rotatable bonds is 6. The molecule has 0 saturated carbocycles. The average Bonchev–Trinajstić information content (AvgIpc) is 3.08. The molecule has 6 heteroatoms. The Morgan fingerprint density at radius 2 is 1.70 bits per heavy atom. The lowest BCUT2D eigenvalue weighted by Gasteiger charge is -2.05. The van der Waals surface area contributed by atoms with Crippen molar-refractivity contribution in [2.24, 2.45) is 7.05 Å². The molecule has 0 unspecified atom stereocenters. The molecule has 2 aromatic carbocycles. The molecule has 1 N–H and O–H groups in total. The van der Waals surface area contributed by atoms with Crippen LogP contribution in [-0.4, -0.2) is 25.5 Å². The Balaban J connectivity index is 1.57. The largest absolute Gasteiger partial charge is 0.461 e. The first-order valence-electron chi connectivity index (χ1n) is 8.58. The Hall–Kier alpha value is -3.41. The number of hydrogen-bond acceptors (Lipinski definition) is 4. The van der Waals surface area contributed by atoms with Crippen molar-refractivity contribution in [2.45, 2.75) is 6.42 Å². The van der Waals surface area contributed by atoms with E-state index in [0.717, 1.165) is 11.1 Å². The highest BCUT2D eigenvalue weighted by Gasteiger charge is 2.25. The molecule has 27 heavy (non-hydrogen) atoms. The van der Waals surface area contributed by atoms with Crippen molar-refractivity contribution < 1.29 is 23.3 Å². The molecular weight excluding hydrogens is 344 g/mol. The Kier molecular flexibility index (Phi) is 5.66. The van der Waals surface area contributed by atoms with Gasteiger partial charge in [-0.25, -0.2) is 4.79 Å². The summed E-state index contributed by atoms with van der Waals surface area (Å²) < 4.78 is 11.7. The highest BCUT2D eigenvalue weighted by atomic mass is 16.5. The molecule has 0 atom stereocenters. The van der Waals surface area contributed by atoms with Crippen LogP contribution in [0.5, 0.6) is 0 Å². The van der Waals surface area contributed by atoms with E-state index in [4.69, 9.17) is 4.42 Å². The van der Waals surface area contributed by atoms with E-state index in [1.807, 2.05) is 42.5 Å². The summed E-state index contributed by atoms with van der Waals surface area (Å²) in [4.78, 5) is 23.9. The number of nitrogens with one attached hydrogen (secondary N) is 1. The zero-order valence-corrected chi connectivity index (χ0v) is 15.3. The van der Waals surface area contributed by atoms with E-state index < -0.39 is 5.97 Å². The van der Waals surface area contributed by atoms with E-state index in [2.05, 4.69) is 10.1 Å². The second-order valence-electron chi connectivity index (χ2n) is 6.01. The second kappa shape index (κ2) is 8.31. The molecule has 1 heterocycles. The Labute approximate surface area is 157 Å². The van der Waals surface area contributed by atoms with Gasteiger partial charge in [-0.15, -0.1) is 0 Å². The van der Waals surface area contributed by atoms with Crippen LogP contribution in [0.4, 0.5) is 0 Å². The molecule has 0 radical (unpaired) electrons. The number of methoxy groups -OCH3 is 1. The fraction of sp³-hybridized carbons (Fsp3) is 0.190. The lowest BCUT2D eigenvalue weighted by atomic mass is 10.0. The van der Waals surface area contributed by atoms with Crippen molar-refractivity contribution in [3.8, 4) is 11.1 Å². The fourth-order valence-electron chi connectivity index (χ4n) is 2.76. The minimum atomic E-state index is -0.463. The van der Waals surface area contributed by atoms with Crippen LogP contribution >= 0.6 is 0 Å². The van der Waals surface area contributed by atoms with Gasteiger partial charge in [-0.05, 0) is 23.3 Å². The van der Waals surface area contributed by atoms with Crippen LogP contribution in [0.2, 0.25) is 0 Å². The first-order valence-corrected chi connectivity index (χ1v) is 8.58. The van der Waals surface area contributed by atoms with E-state index in [1.165, 1.54) is 13.4 Å². The smallest absolute Gasteiger partial charge is 0.406 e. The summed E-state index contributed by atoms with van der Waals surface area (Å²) >= 11 is 0. The Bertz CT molecular complexity index is 931. The number of nitrogens with zero attached hydrogens (tertiary/aromatic N) is 1. The summed E-state index contributed by atoms with van der Waals surface area (Å²) in [7, 11) is 3.04. The highest BCUT2D eigenvalue weighted by Crippen LogP contribution is 2.19. The van der Waals surface area contributed by atoms with Gasteiger partial charge in [-0.3, -0.25) is 4.79 Å². The van der Waals surface area contributed by atoms with Gasteiger partial charge in [0, 0.05) is 12.1 Å². The number of benzene rings is 2. The Morgan fingerprint density at radius 3 is 2.37 bits per heavy atom. The second-order valence-corrected chi connectivity index (χ2v) is 6.01. The van der Waals surface area contributed by atoms with Gasteiger partial charge >= 0.3 is 17.6 Å². The first kappa shape index (κ1) is 18.4. The van der Waals surface area contributed by atoms with Crippen LogP contribution in [0.15, 0.2) is 65.3 Å². The molecule has 0 aliphatic rings. The van der Waals surface area contributed by atoms with Crippen molar-refractivity contribution in [2.75, 3.05) is 13.7 Å². The van der Waals surface area contributed by atoms with E-state index >= 15 is 0 Å². The zero-order valence-electron chi connectivity index (χ0n) is 15.3. The van der Waals surface area contributed by atoms with Gasteiger partial charge in [-0.2, -0.15) is 4.57 Å². The van der Waals surface area contributed by atoms with Gasteiger partial charge in [0.2, 0.25) is 0 Å². The molecule has 3 rings (SSSR count). The molecule has 0 aliphatic carbocycles. The van der Waals surface area contributed by atoms with Crippen molar-refractivity contribution in [1.29, 1.82) is 0 Å². The monoisotopic (exact) mass is 365 g/mol. The van der Waals surface area contributed by atoms with Crippen LogP contribution in [0.1, 0.15) is 26.7 Å². The van der Waals surface area contributed by atoms with Crippen molar-refractivity contribution in [3.63, 3.8) is 0 Å². The summed E-state index contributed by atoms with van der Waals surface area (Å²) in [5.41, 5.74) is 3.09. The summed E-state index contributed by atoms with van der Waals surface area (Å²) in [6.07, 6.45) is 1.81. The third-order valence-electron chi connectivity index (χ3n) is 4.32. The molecule has 6 nitrogen and oxygen atoms in total. The van der Waals surface area contributed by atoms with Gasteiger partial charge < -0.3 is 14.5 Å². The molecule has 3 aromatic rings. The number of carbonyl (C=O) groups excluding carboxylic acids is 2. The van der Waals surface area contributed by atoms with Gasteiger partial charge in [0.1, 0.15) is 7.05 Å². The molecule has 0 bridgehead atoms. The topological polar surface area (TPSA) is 72.4 Å². The maximum absolute atomic E-state index is 12.3. The van der Waals surface area contributed by atoms with Crippen LogP contribution < -0.4 is 9.88 Å². The Morgan fingerprint density at radius 1 is 1.04 bits per heavy atom. The average molecular weight is 365 g/mol. The summed E-state index contributed by atoms with van der Waals surface area (Å²) in [6, 6.07) is 17.5. The van der Waals surface area contributed by atoms with Crippen LogP contribution in [-0.2, 0) is 18.2 Å². The highest BCUT2D eigenvalue weighted by molar-refractivity contribution is 5.94. The minimum absolute atomic E-state index is 0.156. The molecule has 1 amide bonds. The first-order chi connectivity index (χ1) is 13.1. The third-order valence-corrected chi connectivity index (χ3v) is 4.32. The lowest BCUT2D eigenvalue weighted by Crippen LogP contribution is -2.39. The van der Waals surface area contributed by atoms with Crippen molar-refractivity contribution in [3.05, 3.63) is 78.0 Å². The van der Waals surface area contributed by atoms with Gasteiger partial charge in [0.25, 0.3) is 5.91 Å². The predicted octanol–water partition coefficient (Wildman–Crippen LogP) is 2.53. The van der Waals surface area contributed by atoms with E-state index in [-0.39, 0.29) is 5.91 Å². The van der Waals surface area contributed by atoms with Gasteiger partial charge in [0.15, 0.2) is 6.26 Å². The number of aromatic nitrogens is 1. The minimum Gasteiger partial charge on any atom is -0.461 e. The number of ether oxygens (including phenoxy) is 1. The molecule has 0 aliphatic heterocycles. The zero-order chi connectivity index (χ0) is 19.2. The summed E-state index contributed by atoms with van der Waals surface area (Å²) in [5, 5.41) is 2.86. The summed E-state index contributed by atoms with van der Waals surface area (Å²) in [6.45, 7) is 0.390. The van der Waals surface area contributed by atoms with E-state index in [9.17, 15) is 9.59 Å². The van der Waals surface area contributed by atoms with Gasteiger partial charge in [-0.1, -0.05) is 42.5 Å². The molecule has 0 saturated heterocycles. The fourth-order valence-corrected chi connectivity index (χ4v) is 2.76. The van der Waals surface area contributed by atoms with Crippen LogP contribution in [0.25, 0.3) is 11.1 Å². The van der Waals surface area contributed by atoms with Gasteiger partial charge in [0.05, 0.1) is 13.5 Å². The van der Waals surface area contributed by atoms with E-state index in [0.29, 0.717) is 30.1 Å². The molecular formula is C21H21N2O4+. The maximum atomic E-state index is 12.3. The quantitative estimate of drug-likeness (QED) is 0.538. The van der Waals surface area contributed by atoms with Crippen LogP contribution in [0.3, 0.4) is 0 Å². The molecule has 0 spiro atoms. The number of amides is 1. The predicted molar refractivity (Wildman–Crippen MR) is 99.1 cm³/mol. The number of carbonyl (C=O) groups is 2. The SMILES string of the molecule is COC(=O)c1coc(CCNC(=O)c2ccc(-c3ccccc3)cc2)[n+]1C. The summed E-state index contributed by atoms with van der Waals surface area (Å²) in [5.74, 6) is -0.0396. The normalized spacial score (nSPS) is 10.4. The van der Waals surface area contributed by atoms with E-state index in [1.54, 1.807) is 23.7 Å². The number of hydrogen-bond donors (Lipinski definition) is 1. The van der Waals surface area contributed by atoms with Crippen LogP contribution in [0, 0.1) is 0 Å². The molecule has 1 aromatic heterocycles. The standard InChI is InChI=1S/C21H20N2O4/c1-23-18(21(25)26-2)14-27-19(23)12-13-22-20(24)17-10-8-16(9-11-17)15-6-4-3-5-7-15/h3-11,14H,12-13H2,1-2H3/p+1. The number of oxazole rings is 1. The lowest BCUT2D eigenvalue weighted by molar-refractivity contribution is -0.685. The van der Waals surface area contributed by atoms with Crippen molar-refractivity contribution in [1.82, 2.24) is 5.32 Å².